The molecule has 7 nitrogen and oxygen atoms in total. The number of para-hydroxylation sites is 1. The number of aromatic nitrogens is 3. The van der Waals surface area contributed by atoms with Crippen LogP contribution in [0.25, 0.3) is 28.6 Å². The van der Waals surface area contributed by atoms with E-state index in [2.05, 4.69) is 20.3 Å². The molecular weight excluding hydrogens is 486 g/mol. The van der Waals surface area contributed by atoms with E-state index in [1.54, 1.807) is 6.20 Å². The number of Topliss-reactive ketones (excluding diaryl/α,β-unsaturated/α-hetero) is 1. The second kappa shape index (κ2) is 10.5. The van der Waals surface area contributed by atoms with E-state index >= 15 is 0 Å². The second-order valence-electron chi connectivity index (χ2n) is 10.5. The summed E-state index contributed by atoms with van der Waals surface area (Å²) >= 11 is 0. The van der Waals surface area contributed by atoms with Gasteiger partial charge in [-0.05, 0) is 94.7 Å². The maximum Gasteiger partial charge on any atom is 0.256 e. The highest BCUT2D eigenvalue weighted by Crippen LogP contribution is 2.37. The summed E-state index contributed by atoms with van der Waals surface area (Å²) < 4.78 is 1.90. The van der Waals surface area contributed by atoms with Crippen molar-refractivity contribution in [1.29, 1.82) is 0 Å². The summed E-state index contributed by atoms with van der Waals surface area (Å²) in [4.78, 5) is 32.0. The number of aryl methyl sites for hydroxylation is 1. The third kappa shape index (κ3) is 4.86. The molecule has 4 aromatic rings. The number of aromatic amines is 1. The normalized spacial score (nSPS) is 16.2. The molecular formula is C32H33N5O2. The third-order valence-electron chi connectivity index (χ3n) is 7.86. The minimum Gasteiger partial charge on any atom is -0.358 e. The Bertz CT molecular complexity index is 1570. The molecule has 0 aliphatic carbocycles. The minimum absolute atomic E-state index is 0.149. The van der Waals surface area contributed by atoms with Gasteiger partial charge in [0.25, 0.3) is 5.91 Å². The van der Waals surface area contributed by atoms with Gasteiger partial charge in [0.15, 0.2) is 5.78 Å². The van der Waals surface area contributed by atoms with Crippen LogP contribution in [0.3, 0.4) is 0 Å². The number of likely N-dealkylation sites (tertiary alicyclic amines) is 1. The minimum atomic E-state index is -0.149. The summed E-state index contributed by atoms with van der Waals surface area (Å²) in [5.41, 5.74) is 8.37. The third-order valence-corrected chi connectivity index (χ3v) is 7.86. The summed E-state index contributed by atoms with van der Waals surface area (Å²) in [5.74, 6) is 0.0155. The van der Waals surface area contributed by atoms with Crippen molar-refractivity contribution in [2.24, 2.45) is 0 Å². The van der Waals surface area contributed by atoms with Crippen molar-refractivity contribution in [2.45, 2.75) is 39.5 Å². The first kappa shape index (κ1) is 25.1. The summed E-state index contributed by atoms with van der Waals surface area (Å²) in [6.07, 6.45) is 7.59. The Morgan fingerprint density at radius 2 is 1.85 bits per heavy atom. The molecule has 39 heavy (non-hydrogen) atoms. The number of hydrogen-bond acceptors (Lipinski definition) is 4. The van der Waals surface area contributed by atoms with Crippen LogP contribution in [-0.4, -0.2) is 51.0 Å². The van der Waals surface area contributed by atoms with Gasteiger partial charge in [-0.3, -0.25) is 9.59 Å². The first-order valence-corrected chi connectivity index (χ1v) is 13.7. The summed E-state index contributed by atoms with van der Waals surface area (Å²) in [5, 5.41) is 7.51. The number of fused-ring (bicyclic) bond motifs is 1. The highest BCUT2D eigenvalue weighted by atomic mass is 16.2. The molecule has 0 saturated carbocycles. The van der Waals surface area contributed by atoms with E-state index in [0.29, 0.717) is 12.0 Å². The monoisotopic (exact) mass is 519 g/mol. The Balaban J connectivity index is 1.28. The Kier molecular flexibility index (Phi) is 6.75. The Morgan fingerprint density at radius 1 is 1.05 bits per heavy atom. The lowest BCUT2D eigenvalue weighted by molar-refractivity contribution is -0.110. The van der Waals surface area contributed by atoms with Crippen LogP contribution in [0.2, 0.25) is 0 Å². The summed E-state index contributed by atoms with van der Waals surface area (Å²) in [6, 6.07) is 17.9. The van der Waals surface area contributed by atoms with Crippen LogP contribution in [0.4, 0.5) is 5.69 Å². The van der Waals surface area contributed by atoms with Crippen molar-refractivity contribution >= 4 is 29.0 Å². The van der Waals surface area contributed by atoms with Gasteiger partial charge < -0.3 is 15.2 Å². The van der Waals surface area contributed by atoms with E-state index in [0.717, 1.165) is 76.8 Å². The molecule has 0 bridgehead atoms. The smallest absolute Gasteiger partial charge is 0.256 e. The molecule has 4 heterocycles. The quantitative estimate of drug-likeness (QED) is 0.220. The van der Waals surface area contributed by atoms with Gasteiger partial charge in [0.2, 0.25) is 0 Å². The molecule has 0 radical (unpaired) electrons. The van der Waals surface area contributed by atoms with E-state index in [1.165, 1.54) is 12.8 Å². The number of H-pyrrole nitrogens is 1. The zero-order valence-electron chi connectivity index (χ0n) is 22.5. The molecule has 198 valence electrons. The Labute approximate surface area is 228 Å². The molecule has 1 fully saturated rings. The molecule has 1 amide bonds. The highest BCUT2D eigenvalue weighted by Gasteiger charge is 2.26. The molecule has 6 rings (SSSR count). The maximum absolute atomic E-state index is 13.2. The first-order valence-electron chi connectivity index (χ1n) is 13.7. The standard InChI is InChI=1S/C32H33N5O2/c1-21-28(34-22(2)31(21)30(38)11-8-18-36-16-6-7-17-36)20-26-25-19-23(12-13-27(25)35-32(26)39)29-14-15-33-37(29)24-9-4-3-5-10-24/h3-5,9-10,12-15,19-20,34H,6-8,11,16-18H2,1-2H3,(H,35,39)/b26-20-. The van der Waals surface area contributed by atoms with Crippen molar-refractivity contribution in [2.75, 3.05) is 25.0 Å². The number of nitrogens with one attached hydrogen (secondary N) is 2. The van der Waals surface area contributed by atoms with Crippen molar-refractivity contribution in [3.05, 3.63) is 88.9 Å². The number of ketones is 1. The van der Waals surface area contributed by atoms with Crippen LogP contribution < -0.4 is 5.32 Å². The highest BCUT2D eigenvalue weighted by molar-refractivity contribution is 6.35. The van der Waals surface area contributed by atoms with E-state index in [-0.39, 0.29) is 11.7 Å². The first-order chi connectivity index (χ1) is 19.0. The average molecular weight is 520 g/mol. The molecule has 0 atom stereocenters. The number of carbonyl (C=O) groups is 2. The number of carbonyl (C=O) groups excluding carboxylic acids is 2. The van der Waals surface area contributed by atoms with E-state index in [1.807, 2.05) is 79.2 Å². The van der Waals surface area contributed by atoms with Gasteiger partial charge in [-0.2, -0.15) is 5.10 Å². The fourth-order valence-corrected chi connectivity index (χ4v) is 5.86. The zero-order chi connectivity index (χ0) is 26.9. The van der Waals surface area contributed by atoms with E-state index < -0.39 is 0 Å². The van der Waals surface area contributed by atoms with Gasteiger partial charge in [-0.15, -0.1) is 0 Å². The van der Waals surface area contributed by atoms with Crippen LogP contribution in [0, 0.1) is 13.8 Å². The SMILES string of the molecule is Cc1[nH]c(/C=C2\C(=O)Nc3ccc(-c4ccnn4-c4ccccc4)cc32)c(C)c1C(=O)CCCN1CCCC1. The molecule has 2 N–H and O–H groups in total. The molecule has 0 spiro atoms. The number of hydrogen-bond donors (Lipinski definition) is 2. The second-order valence-corrected chi connectivity index (χ2v) is 10.5. The molecule has 2 aliphatic heterocycles. The van der Waals surface area contributed by atoms with Gasteiger partial charge in [0, 0.05) is 40.2 Å². The predicted molar refractivity (Wildman–Crippen MR) is 155 cm³/mol. The lowest BCUT2D eigenvalue weighted by atomic mass is 9.99. The van der Waals surface area contributed by atoms with Crippen LogP contribution in [-0.2, 0) is 4.79 Å². The van der Waals surface area contributed by atoms with Gasteiger partial charge >= 0.3 is 0 Å². The number of benzene rings is 2. The number of anilines is 1. The van der Waals surface area contributed by atoms with Gasteiger partial charge in [-0.25, -0.2) is 4.68 Å². The molecule has 1 saturated heterocycles. The van der Waals surface area contributed by atoms with Gasteiger partial charge in [0.05, 0.1) is 23.2 Å². The molecule has 7 heteroatoms. The molecule has 2 aromatic heterocycles. The maximum atomic E-state index is 13.2. The largest absolute Gasteiger partial charge is 0.358 e. The zero-order valence-corrected chi connectivity index (χ0v) is 22.5. The van der Waals surface area contributed by atoms with Crippen LogP contribution >= 0.6 is 0 Å². The van der Waals surface area contributed by atoms with Crippen molar-refractivity contribution in [3.8, 4) is 16.9 Å². The molecule has 2 aliphatic rings. The van der Waals surface area contributed by atoms with Gasteiger partial charge in [-0.1, -0.05) is 24.3 Å². The van der Waals surface area contributed by atoms with Crippen molar-refractivity contribution in [1.82, 2.24) is 19.7 Å². The topological polar surface area (TPSA) is 83.0 Å². The van der Waals surface area contributed by atoms with Crippen LogP contribution in [0.15, 0.2) is 60.8 Å². The predicted octanol–water partition coefficient (Wildman–Crippen LogP) is 6.04. The lowest BCUT2D eigenvalue weighted by Gasteiger charge is -2.13. The van der Waals surface area contributed by atoms with Crippen molar-refractivity contribution in [3.63, 3.8) is 0 Å². The van der Waals surface area contributed by atoms with E-state index in [9.17, 15) is 9.59 Å². The average Bonchev–Trinajstić information content (AvgIpc) is 3.73. The number of rotatable bonds is 8. The van der Waals surface area contributed by atoms with Crippen LogP contribution in [0.5, 0.6) is 0 Å². The number of nitrogens with zero attached hydrogens (tertiary/aromatic N) is 3. The Morgan fingerprint density at radius 3 is 2.64 bits per heavy atom. The summed E-state index contributed by atoms with van der Waals surface area (Å²) in [6.45, 7) is 7.18. The van der Waals surface area contributed by atoms with Gasteiger partial charge in [0.1, 0.15) is 0 Å². The fraction of sp³-hybridized carbons (Fsp3) is 0.281. The fourth-order valence-electron chi connectivity index (χ4n) is 5.86. The molecule has 0 unspecified atom stereocenters. The Hall–Kier alpha value is -4.23. The van der Waals surface area contributed by atoms with Crippen LogP contribution in [0.1, 0.15) is 58.6 Å². The molecule has 2 aromatic carbocycles. The van der Waals surface area contributed by atoms with Crippen molar-refractivity contribution < 1.29 is 9.59 Å². The lowest BCUT2D eigenvalue weighted by Crippen LogP contribution is -2.21. The number of amides is 1. The summed E-state index contributed by atoms with van der Waals surface area (Å²) in [7, 11) is 0. The van der Waals surface area contributed by atoms with E-state index in [4.69, 9.17) is 0 Å².